The molecule has 39 heavy (non-hydrogen) atoms. The van der Waals surface area contributed by atoms with Crippen LogP contribution in [0.15, 0.2) is 83.8 Å². The number of aryl methyl sites for hydroxylation is 1. The lowest BCUT2D eigenvalue weighted by Gasteiger charge is -2.33. The zero-order chi connectivity index (χ0) is 28.4. The van der Waals surface area contributed by atoms with Gasteiger partial charge in [-0.2, -0.15) is 0 Å². The van der Waals surface area contributed by atoms with Crippen LogP contribution >= 0.6 is 0 Å². The third kappa shape index (κ3) is 7.47. The van der Waals surface area contributed by atoms with Gasteiger partial charge in [0.15, 0.2) is 0 Å². The molecule has 0 aliphatic heterocycles. The molecule has 0 fully saturated rings. The van der Waals surface area contributed by atoms with Gasteiger partial charge in [0.25, 0.3) is 10.0 Å². The van der Waals surface area contributed by atoms with Crippen LogP contribution in [0.3, 0.4) is 0 Å². The van der Waals surface area contributed by atoms with Crippen molar-refractivity contribution in [3.05, 3.63) is 95.6 Å². The number of benzene rings is 3. The minimum atomic E-state index is -4.07. The second kappa shape index (κ2) is 13.9. The Bertz CT molecular complexity index is 1340. The number of rotatable bonds is 13. The molecule has 7 nitrogen and oxygen atoms in total. The molecule has 0 aliphatic carbocycles. The number of carbonyl (C=O) groups is 2. The third-order valence-electron chi connectivity index (χ3n) is 6.87. The lowest BCUT2D eigenvalue weighted by atomic mass is 10.1. The highest BCUT2D eigenvalue weighted by atomic mass is 32.2. The summed E-state index contributed by atoms with van der Waals surface area (Å²) in [4.78, 5) is 28.8. The van der Waals surface area contributed by atoms with Gasteiger partial charge in [0.1, 0.15) is 12.6 Å². The molecule has 3 aromatic carbocycles. The minimum Gasteiger partial charge on any atom is -0.354 e. The molecule has 0 aromatic heterocycles. The van der Waals surface area contributed by atoms with Crippen molar-refractivity contribution >= 4 is 27.5 Å². The van der Waals surface area contributed by atoms with E-state index in [1.165, 1.54) is 21.3 Å². The first-order valence-electron chi connectivity index (χ1n) is 13.5. The quantitative estimate of drug-likeness (QED) is 0.329. The first-order chi connectivity index (χ1) is 18.7. The zero-order valence-electron chi connectivity index (χ0n) is 23.3. The summed E-state index contributed by atoms with van der Waals surface area (Å²) in [5.41, 5.74) is 3.16. The van der Waals surface area contributed by atoms with E-state index in [0.29, 0.717) is 25.1 Å². The van der Waals surface area contributed by atoms with Gasteiger partial charge in [0.2, 0.25) is 11.8 Å². The van der Waals surface area contributed by atoms with E-state index >= 15 is 0 Å². The Morgan fingerprint density at radius 2 is 1.51 bits per heavy atom. The smallest absolute Gasteiger partial charge is 0.264 e. The SMILES string of the molecule is CCCNC(=O)[C@H](CC)N(CCc1ccccc1)C(=O)CN(c1cccc(C)c1C)S(=O)(=O)c1ccccc1. The monoisotopic (exact) mass is 549 g/mol. The lowest BCUT2D eigenvalue weighted by Crippen LogP contribution is -2.53. The number of anilines is 1. The van der Waals surface area contributed by atoms with Crippen molar-refractivity contribution < 1.29 is 18.0 Å². The molecule has 3 rings (SSSR count). The number of nitrogens with zero attached hydrogens (tertiary/aromatic N) is 2. The average Bonchev–Trinajstić information content (AvgIpc) is 2.95. The molecular weight excluding hydrogens is 510 g/mol. The Balaban J connectivity index is 2.03. The van der Waals surface area contributed by atoms with Crippen LogP contribution < -0.4 is 9.62 Å². The summed E-state index contributed by atoms with van der Waals surface area (Å²) >= 11 is 0. The van der Waals surface area contributed by atoms with Gasteiger partial charge >= 0.3 is 0 Å². The predicted octanol–water partition coefficient (Wildman–Crippen LogP) is 4.87. The highest BCUT2D eigenvalue weighted by Gasteiger charge is 2.33. The predicted molar refractivity (Wildman–Crippen MR) is 156 cm³/mol. The Morgan fingerprint density at radius 3 is 2.13 bits per heavy atom. The summed E-state index contributed by atoms with van der Waals surface area (Å²) in [7, 11) is -4.07. The first kappa shape index (κ1) is 29.9. The standard InChI is InChI=1S/C31H39N3O4S/c1-5-21-32-31(36)28(6-2)33(22-20-26-15-9-7-10-16-26)30(35)23-34(29-19-13-14-24(3)25(29)4)39(37,38)27-17-11-8-12-18-27/h7-19,28H,5-6,20-23H2,1-4H3,(H,32,36)/t28-/m0/s1. The largest absolute Gasteiger partial charge is 0.354 e. The average molecular weight is 550 g/mol. The van der Waals surface area contributed by atoms with Gasteiger partial charge in [-0.15, -0.1) is 0 Å². The van der Waals surface area contributed by atoms with Gasteiger partial charge in [0.05, 0.1) is 10.6 Å². The normalized spacial score (nSPS) is 12.0. The summed E-state index contributed by atoms with van der Waals surface area (Å²) in [5.74, 6) is -0.658. The number of hydrogen-bond donors (Lipinski definition) is 1. The molecule has 2 amide bonds. The van der Waals surface area contributed by atoms with E-state index in [-0.39, 0.29) is 17.3 Å². The number of carbonyl (C=O) groups excluding carboxylic acids is 2. The zero-order valence-corrected chi connectivity index (χ0v) is 24.1. The van der Waals surface area contributed by atoms with E-state index in [2.05, 4.69) is 5.32 Å². The van der Waals surface area contributed by atoms with Crippen LogP contribution in [0.5, 0.6) is 0 Å². The molecule has 8 heteroatoms. The van der Waals surface area contributed by atoms with E-state index in [4.69, 9.17) is 0 Å². The summed E-state index contributed by atoms with van der Waals surface area (Å²) < 4.78 is 29.0. The number of sulfonamides is 1. The molecule has 0 heterocycles. The molecular formula is C31H39N3O4S. The van der Waals surface area contributed by atoms with Gasteiger partial charge in [-0.3, -0.25) is 13.9 Å². The molecule has 1 atom stereocenters. The highest BCUT2D eigenvalue weighted by Crippen LogP contribution is 2.29. The molecule has 0 aliphatic rings. The lowest BCUT2D eigenvalue weighted by molar-refractivity contribution is -0.139. The summed E-state index contributed by atoms with van der Waals surface area (Å²) in [6.45, 7) is 7.96. The van der Waals surface area contributed by atoms with Crippen molar-refractivity contribution in [2.75, 3.05) is 23.9 Å². The molecule has 3 aromatic rings. The van der Waals surface area contributed by atoms with Crippen molar-refractivity contribution in [3.8, 4) is 0 Å². The number of hydrogen-bond acceptors (Lipinski definition) is 4. The third-order valence-corrected chi connectivity index (χ3v) is 8.65. The fourth-order valence-electron chi connectivity index (χ4n) is 4.50. The van der Waals surface area contributed by atoms with Gasteiger partial charge in [-0.25, -0.2) is 8.42 Å². The van der Waals surface area contributed by atoms with Crippen LogP contribution in [-0.2, 0) is 26.0 Å². The maximum atomic E-state index is 14.0. The molecule has 0 saturated carbocycles. The van der Waals surface area contributed by atoms with Gasteiger partial charge < -0.3 is 10.2 Å². The van der Waals surface area contributed by atoms with E-state index in [9.17, 15) is 18.0 Å². The van der Waals surface area contributed by atoms with Gasteiger partial charge in [-0.05, 0) is 68.0 Å². The van der Waals surface area contributed by atoms with E-state index in [1.807, 2.05) is 64.1 Å². The molecule has 0 radical (unpaired) electrons. The Morgan fingerprint density at radius 1 is 0.872 bits per heavy atom. The molecule has 1 N–H and O–H groups in total. The second-order valence-corrected chi connectivity index (χ2v) is 11.4. The number of amides is 2. The second-order valence-electron chi connectivity index (χ2n) is 9.58. The van der Waals surface area contributed by atoms with Gasteiger partial charge in [0, 0.05) is 13.1 Å². The first-order valence-corrected chi connectivity index (χ1v) is 14.9. The summed E-state index contributed by atoms with van der Waals surface area (Å²) in [6.07, 6.45) is 1.72. The van der Waals surface area contributed by atoms with Crippen molar-refractivity contribution in [2.24, 2.45) is 0 Å². The van der Waals surface area contributed by atoms with Crippen LogP contribution in [0.25, 0.3) is 0 Å². The number of nitrogens with one attached hydrogen (secondary N) is 1. The maximum Gasteiger partial charge on any atom is 0.264 e. The van der Waals surface area contributed by atoms with Crippen LogP contribution in [-0.4, -0.2) is 50.8 Å². The van der Waals surface area contributed by atoms with Crippen LogP contribution in [0, 0.1) is 13.8 Å². The molecule has 0 unspecified atom stereocenters. The van der Waals surface area contributed by atoms with Crippen molar-refractivity contribution in [3.63, 3.8) is 0 Å². The summed E-state index contributed by atoms with van der Waals surface area (Å²) in [5, 5.41) is 2.91. The Kier molecular flexibility index (Phi) is 10.7. The van der Waals surface area contributed by atoms with Crippen molar-refractivity contribution in [1.29, 1.82) is 0 Å². The topological polar surface area (TPSA) is 86.8 Å². The summed E-state index contributed by atoms with van der Waals surface area (Å²) in [6, 6.07) is 22.6. The molecule has 0 spiro atoms. The van der Waals surface area contributed by atoms with E-state index in [1.54, 1.807) is 30.3 Å². The van der Waals surface area contributed by atoms with Crippen molar-refractivity contribution in [2.45, 2.75) is 57.9 Å². The fourth-order valence-corrected chi connectivity index (χ4v) is 5.99. The van der Waals surface area contributed by atoms with Crippen LogP contribution in [0.4, 0.5) is 5.69 Å². The van der Waals surface area contributed by atoms with Crippen LogP contribution in [0.2, 0.25) is 0 Å². The van der Waals surface area contributed by atoms with Crippen molar-refractivity contribution in [1.82, 2.24) is 10.2 Å². The fraction of sp³-hybridized carbons (Fsp3) is 0.355. The molecule has 0 bridgehead atoms. The maximum absolute atomic E-state index is 14.0. The molecule has 208 valence electrons. The Labute approximate surface area is 232 Å². The molecule has 0 saturated heterocycles. The highest BCUT2D eigenvalue weighted by molar-refractivity contribution is 7.92. The minimum absolute atomic E-state index is 0.0993. The van der Waals surface area contributed by atoms with E-state index in [0.717, 1.165) is 23.1 Å². The van der Waals surface area contributed by atoms with E-state index < -0.39 is 28.5 Å². The van der Waals surface area contributed by atoms with Gasteiger partial charge in [-0.1, -0.05) is 74.5 Å². The Hall–Kier alpha value is -3.65. The van der Waals surface area contributed by atoms with Crippen LogP contribution in [0.1, 0.15) is 43.4 Å².